The molecule has 0 unspecified atom stereocenters. The van der Waals surface area contributed by atoms with Crippen LogP contribution < -0.4 is 5.32 Å². The van der Waals surface area contributed by atoms with E-state index in [9.17, 15) is 9.18 Å². The topological polar surface area (TPSA) is 29.1 Å². The first-order chi connectivity index (χ1) is 9.15. The molecule has 0 aliphatic carbocycles. The highest BCUT2D eigenvalue weighted by atomic mass is 35.5. The Hall–Kier alpha value is -1.87. The minimum absolute atomic E-state index is 0.208. The van der Waals surface area contributed by atoms with E-state index < -0.39 is 5.82 Å². The molecule has 1 amide bonds. The maximum Gasteiger partial charge on any atom is 0.224 e. The fourth-order valence-electron chi connectivity index (χ4n) is 1.68. The van der Waals surface area contributed by atoms with Gasteiger partial charge in [0.1, 0.15) is 5.82 Å². The SMILES string of the molecule is O=C(CCc1ccc(Cl)cc1)Nc1ccccc1F. The molecule has 2 aromatic carbocycles. The van der Waals surface area contributed by atoms with Crippen LogP contribution in [0.1, 0.15) is 12.0 Å². The van der Waals surface area contributed by atoms with Gasteiger partial charge in [0.15, 0.2) is 0 Å². The van der Waals surface area contributed by atoms with E-state index in [2.05, 4.69) is 5.32 Å². The third-order valence-electron chi connectivity index (χ3n) is 2.70. The number of hydrogen-bond acceptors (Lipinski definition) is 1. The van der Waals surface area contributed by atoms with E-state index >= 15 is 0 Å². The van der Waals surface area contributed by atoms with Gasteiger partial charge in [0.05, 0.1) is 5.69 Å². The Morgan fingerprint density at radius 1 is 1.11 bits per heavy atom. The zero-order valence-corrected chi connectivity index (χ0v) is 11.0. The minimum atomic E-state index is -0.428. The van der Waals surface area contributed by atoms with Crippen molar-refractivity contribution in [2.24, 2.45) is 0 Å². The highest BCUT2D eigenvalue weighted by molar-refractivity contribution is 6.30. The number of carbonyl (C=O) groups excluding carboxylic acids is 1. The standard InChI is InChI=1S/C15H13ClFNO/c16-12-8-5-11(6-9-12)7-10-15(19)18-14-4-2-1-3-13(14)17/h1-6,8-9H,7,10H2,(H,18,19). The van der Waals surface area contributed by atoms with Crippen LogP contribution in [-0.2, 0) is 11.2 Å². The molecule has 0 aliphatic rings. The van der Waals surface area contributed by atoms with Gasteiger partial charge in [-0.15, -0.1) is 0 Å². The molecule has 2 rings (SSSR count). The van der Waals surface area contributed by atoms with Crippen LogP contribution in [-0.4, -0.2) is 5.91 Å². The van der Waals surface area contributed by atoms with Crippen molar-refractivity contribution in [2.75, 3.05) is 5.32 Å². The maximum atomic E-state index is 13.3. The van der Waals surface area contributed by atoms with Gasteiger partial charge in [-0.25, -0.2) is 4.39 Å². The number of para-hydroxylation sites is 1. The summed E-state index contributed by atoms with van der Waals surface area (Å²) in [5.41, 5.74) is 1.23. The van der Waals surface area contributed by atoms with E-state index in [-0.39, 0.29) is 11.6 Å². The highest BCUT2D eigenvalue weighted by Crippen LogP contribution is 2.14. The second kappa shape index (κ2) is 6.34. The number of benzene rings is 2. The molecule has 0 radical (unpaired) electrons. The summed E-state index contributed by atoms with van der Waals surface area (Å²) < 4.78 is 13.3. The predicted molar refractivity (Wildman–Crippen MR) is 74.8 cm³/mol. The van der Waals surface area contributed by atoms with Crippen LogP contribution in [0.15, 0.2) is 48.5 Å². The summed E-state index contributed by atoms with van der Waals surface area (Å²) >= 11 is 5.78. The average Bonchev–Trinajstić information content (AvgIpc) is 2.41. The molecule has 1 N–H and O–H groups in total. The second-order valence-corrected chi connectivity index (χ2v) is 4.59. The van der Waals surface area contributed by atoms with Crippen molar-refractivity contribution < 1.29 is 9.18 Å². The average molecular weight is 278 g/mol. The predicted octanol–water partition coefficient (Wildman–Crippen LogP) is 4.05. The van der Waals surface area contributed by atoms with Crippen molar-refractivity contribution >= 4 is 23.2 Å². The number of carbonyl (C=O) groups is 1. The van der Waals surface area contributed by atoms with Gasteiger partial charge < -0.3 is 5.32 Å². The lowest BCUT2D eigenvalue weighted by Crippen LogP contribution is -2.13. The molecule has 0 atom stereocenters. The Morgan fingerprint density at radius 2 is 1.79 bits per heavy atom. The summed E-state index contributed by atoms with van der Waals surface area (Å²) in [6.07, 6.45) is 0.896. The third-order valence-corrected chi connectivity index (χ3v) is 2.95. The summed E-state index contributed by atoms with van der Waals surface area (Å²) in [6.45, 7) is 0. The summed E-state index contributed by atoms with van der Waals surface area (Å²) in [5, 5.41) is 3.22. The molecule has 0 heterocycles. The van der Waals surface area contributed by atoms with E-state index in [0.717, 1.165) is 5.56 Å². The molecule has 0 aliphatic heterocycles. The van der Waals surface area contributed by atoms with Gasteiger partial charge in [-0.2, -0.15) is 0 Å². The number of halogens is 2. The lowest BCUT2D eigenvalue weighted by Gasteiger charge is -2.06. The van der Waals surface area contributed by atoms with E-state index in [0.29, 0.717) is 17.9 Å². The molecule has 0 aromatic heterocycles. The van der Waals surface area contributed by atoms with E-state index in [4.69, 9.17) is 11.6 Å². The quantitative estimate of drug-likeness (QED) is 0.897. The van der Waals surface area contributed by atoms with Crippen molar-refractivity contribution in [3.63, 3.8) is 0 Å². The fraction of sp³-hybridized carbons (Fsp3) is 0.133. The molecule has 2 nitrogen and oxygen atoms in total. The van der Waals surface area contributed by atoms with Gasteiger partial charge in [-0.05, 0) is 36.2 Å². The summed E-state index contributed by atoms with van der Waals surface area (Å²) in [5.74, 6) is -0.637. The molecular weight excluding hydrogens is 265 g/mol. The fourth-order valence-corrected chi connectivity index (χ4v) is 1.81. The molecule has 4 heteroatoms. The van der Waals surface area contributed by atoms with Crippen molar-refractivity contribution in [1.82, 2.24) is 0 Å². The number of nitrogens with one attached hydrogen (secondary N) is 1. The van der Waals surface area contributed by atoms with Gasteiger partial charge in [0.2, 0.25) is 5.91 Å². The van der Waals surface area contributed by atoms with Gasteiger partial charge in [-0.3, -0.25) is 4.79 Å². The van der Waals surface area contributed by atoms with Gasteiger partial charge in [-0.1, -0.05) is 35.9 Å². The number of rotatable bonds is 4. The smallest absolute Gasteiger partial charge is 0.224 e. The Kier molecular flexibility index (Phi) is 4.53. The molecule has 0 saturated carbocycles. The summed E-state index contributed by atoms with van der Waals surface area (Å²) in [4.78, 5) is 11.7. The monoisotopic (exact) mass is 277 g/mol. The van der Waals surface area contributed by atoms with Crippen molar-refractivity contribution in [3.05, 3.63) is 64.9 Å². The van der Waals surface area contributed by atoms with E-state index in [1.807, 2.05) is 12.1 Å². The van der Waals surface area contributed by atoms with Gasteiger partial charge >= 0.3 is 0 Å². The van der Waals surface area contributed by atoms with Crippen LogP contribution in [0.5, 0.6) is 0 Å². The molecule has 98 valence electrons. The van der Waals surface area contributed by atoms with Crippen LogP contribution in [0.4, 0.5) is 10.1 Å². The molecule has 2 aromatic rings. The number of aryl methyl sites for hydroxylation is 1. The Morgan fingerprint density at radius 3 is 2.47 bits per heavy atom. The number of hydrogen-bond donors (Lipinski definition) is 1. The first kappa shape index (κ1) is 13.6. The first-order valence-electron chi connectivity index (χ1n) is 5.94. The zero-order valence-electron chi connectivity index (χ0n) is 10.2. The molecular formula is C15H13ClFNO. The molecule has 0 saturated heterocycles. The first-order valence-corrected chi connectivity index (χ1v) is 6.32. The molecule has 0 spiro atoms. The summed E-state index contributed by atoms with van der Waals surface area (Å²) in [6, 6.07) is 13.4. The Balaban J connectivity index is 1.88. The van der Waals surface area contributed by atoms with E-state index in [1.165, 1.54) is 12.1 Å². The lowest BCUT2D eigenvalue weighted by atomic mass is 10.1. The third kappa shape index (κ3) is 4.07. The van der Waals surface area contributed by atoms with Crippen LogP contribution in [0.25, 0.3) is 0 Å². The summed E-state index contributed by atoms with van der Waals surface area (Å²) in [7, 11) is 0. The maximum absolute atomic E-state index is 13.3. The zero-order chi connectivity index (χ0) is 13.7. The van der Waals surface area contributed by atoms with Crippen LogP contribution in [0, 0.1) is 5.82 Å². The van der Waals surface area contributed by atoms with E-state index in [1.54, 1.807) is 24.3 Å². The van der Waals surface area contributed by atoms with Crippen LogP contribution in [0.2, 0.25) is 5.02 Å². The van der Waals surface area contributed by atoms with Crippen molar-refractivity contribution in [2.45, 2.75) is 12.8 Å². The molecule has 19 heavy (non-hydrogen) atoms. The molecule has 0 fully saturated rings. The van der Waals surface area contributed by atoms with Crippen molar-refractivity contribution in [1.29, 1.82) is 0 Å². The Labute approximate surface area is 116 Å². The van der Waals surface area contributed by atoms with Crippen LogP contribution in [0.3, 0.4) is 0 Å². The van der Waals surface area contributed by atoms with Crippen LogP contribution >= 0.6 is 11.6 Å². The number of anilines is 1. The largest absolute Gasteiger partial charge is 0.324 e. The highest BCUT2D eigenvalue weighted by Gasteiger charge is 2.06. The minimum Gasteiger partial charge on any atom is -0.324 e. The van der Waals surface area contributed by atoms with Crippen molar-refractivity contribution in [3.8, 4) is 0 Å². The Bertz CT molecular complexity index is 569. The lowest BCUT2D eigenvalue weighted by molar-refractivity contribution is -0.116. The number of amides is 1. The van der Waals surface area contributed by atoms with Gasteiger partial charge in [0.25, 0.3) is 0 Å². The van der Waals surface area contributed by atoms with Gasteiger partial charge in [0, 0.05) is 11.4 Å². The normalized spacial score (nSPS) is 10.2. The second-order valence-electron chi connectivity index (χ2n) is 4.15. The molecule has 0 bridgehead atoms.